The van der Waals surface area contributed by atoms with Crippen molar-refractivity contribution in [3.63, 3.8) is 0 Å². The van der Waals surface area contributed by atoms with Crippen LogP contribution < -0.4 is 4.72 Å². The molecule has 0 radical (unpaired) electrons. The molecular weight excluding hydrogens is 298 g/mol. The third-order valence-electron chi connectivity index (χ3n) is 1.63. The quantitative estimate of drug-likeness (QED) is 0.870. The zero-order chi connectivity index (χ0) is 11.5. The van der Waals surface area contributed by atoms with Crippen LogP contribution in [0.25, 0.3) is 0 Å². The van der Waals surface area contributed by atoms with Gasteiger partial charge in [0, 0.05) is 0 Å². The largest absolute Gasteiger partial charge is 0.250 e. The maximum atomic E-state index is 11.7. The fourth-order valence-electron chi connectivity index (χ4n) is 0.855. The first kappa shape index (κ1) is 12.7. The van der Waals surface area contributed by atoms with Gasteiger partial charge < -0.3 is 0 Å². The molecule has 0 fully saturated rings. The highest BCUT2D eigenvalue weighted by molar-refractivity contribution is 9.11. The lowest BCUT2D eigenvalue weighted by molar-refractivity contribution is 0.588. The van der Waals surface area contributed by atoms with E-state index >= 15 is 0 Å². The van der Waals surface area contributed by atoms with Crippen LogP contribution in [0.15, 0.2) is 14.1 Å². The minimum Gasteiger partial charge on any atom is -0.206 e. The normalized spacial score (nSPS) is 10.9. The summed E-state index contributed by atoms with van der Waals surface area (Å²) >= 11 is 4.49. The second-order valence-electron chi connectivity index (χ2n) is 2.77. The number of aryl methyl sites for hydroxylation is 1. The summed E-state index contributed by atoms with van der Waals surface area (Å²) in [6, 6.07) is 1.64. The van der Waals surface area contributed by atoms with Gasteiger partial charge in [0.05, 0.1) is 10.3 Å². The minimum absolute atomic E-state index is 0.146. The molecule has 1 rings (SSSR count). The predicted octanol–water partition coefficient (Wildman–Crippen LogP) is 2.12. The van der Waals surface area contributed by atoms with Crippen molar-refractivity contribution in [2.24, 2.45) is 0 Å². The Morgan fingerprint density at radius 3 is 2.73 bits per heavy atom. The van der Waals surface area contributed by atoms with Crippen LogP contribution in [0.5, 0.6) is 0 Å². The Labute approximate surface area is 102 Å². The first-order valence-corrected chi connectivity index (χ1v) is 7.22. The molecule has 0 spiro atoms. The summed E-state index contributed by atoms with van der Waals surface area (Å²) in [7, 11) is -3.40. The Hall–Kier alpha value is -0.350. The molecule has 1 heterocycles. The molecule has 0 unspecified atom stereocenters. The molecule has 0 atom stereocenters. The Bertz CT molecular complexity index is 488. The summed E-state index contributed by atoms with van der Waals surface area (Å²) in [5.41, 5.74) is 0.918. The van der Waals surface area contributed by atoms with Crippen molar-refractivity contribution >= 4 is 37.3 Å². The Morgan fingerprint density at radius 1 is 1.60 bits per heavy atom. The molecule has 6 heteroatoms. The fourth-order valence-corrected chi connectivity index (χ4v) is 4.05. The first-order chi connectivity index (χ1) is 6.97. The summed E-state index contributed by atoms with van der Waals surface area (Å²) in [6.07, 6.45) is 0. The second-order valence-corrected chi connectivity index (χ2v) is 7.14. The van der Waals surface area contributed by atoms with E-state index in [-0.39, 0.29) is 6.54 Å². The molecule has 1 N–H and O–H groups in total. The van der Waals surface area contributed by atoms with Gasteiger partial charge >= 0.3 is 0 Å². The van der Waals surface area contributed by atoms with E-state index in [0.29, 0.717) is 4.21 Å². The molecule has 0 bridgehead atoms. The van der Waals surface area contributed by atoms with E-state index in [1.54, 1.807) is 13.0 Å². The Kier molecular flexibility index (Phi) is 4.34. The van der Waals surface area contributed by atoms with Gasteiger partial charge in [-0.05, 0) is 41.4 Å². The van der Waals surface area contributed by atoms with E-state index in [2.05, 4.69) is 32.5 Å². The van der Waals surface area contributed by atoms with Crippen LogP contribution in [0.2, 0.25) is 0 Å². The Balaban J connectivity index is 2.89. The van der Waals surface area contributed by atoms with Crippen LogP contribution in [0.3, 0.4) is 0 Å². The number of hydrogen-bond donors (Lipinski definition) is 1. The molecule has 0 amide bonds. The van der Waals surface area contributed by atoms with Gasteiger partial charge in [-0.25, -0.2) is 8.42 Å². The third-order valence-corrected chi connectivity index (χ3v) is 5.64. The molecule has 0 aromatic carbocycles. The molecule has 0 aliphatic heterocycles. The van der Waals surface area contributed by atoms with Crippen LogP contribution in [-0.4, -0.2) is 15.0 Å². The van der Waals surface area contributed by atoms with Gasteiger partial charge in [0.2, 0.25) is 0 Å². The topological polar surface area (TPSA) is 46.2 Å². The second kappa shape index (κ2) is 5.12. The van der Waals surface area contributed by atoms with Crippen LogP contribution in [0, 0.1) is 18.8 Å². The van der Waals surface area contributed by atoms with E-state index < -0.39 is 10.0 Å². The summed E-state index contributed by atoms with van der Waals surface area (Å²) in [6.45, 7) is 3.67. The van der Waals surface area contributed by atoms with Crippen molar-refractivity contribution in [2.45, 2.75) is 18.1 Å². The van der Waals surface area contributed by atoms with Gasteiger partial charge in [0.25, 0.3) is 10.0 Å². The number of nitrogens with one attached hydrogen (secondary N) is 1. The average molecular weight is 308 g/mol. The summed E-state index contributed by atoms with van der Waals surface area (Å²) < 4.78 is 26.9. The molecule has 82 valence electrons. The van der Waals surface area contributed by atoms with E-state index in [9.17, 15) is 8.42 Å². The summed E-state index contributed by atoms with van der Waals surface area (Å²) in [5, 5.41) is 0. The van der Waals surface area contributed by atoms with Crippen LogP contribution in [-0.2, 0) is 10.0 Å². The van der Waals surface area contributed by atoms with Gasteiger partial charge in [-0.3, -0.25) is 0 Å². The molecule has 1 aromatic rings. The maximum absolute atomic E-state index is 11.7. The van der Waals surface area contributed by atoms with Crippen molar-refractivity contribution in [1.82, 2.24) is 4.72 Å². The lowest BCUT2D eigenvalue weighted by Crippen LogP contribution is -2.23. The fraction of sp³-hybridized carbons (Fsp3) is 0.333. The minimum atomic E-state index is -3.40. The van der Waals surface area contributed by atoms with Gasteiger partial charge in [-0.1, -0.05) is 5.92 Å². The third kappa shape index (κ3) is 3.31. The monoisotopic (exact) mass is 307 g/mol. The van der Waals surface area contributed by atoms with Crippen LogP contribution in [0.1, 0.15) is 12.5 Å². The zero-order valence-corrected chi connectivity index (χ0v) is 11.5. The van der Waals surface area contributed by atoms with Gasteiger partial charge in [-0.2, -0.15) is 4.72 Å². The Morgan fingerprint density at radius 2 is 2.27 bits per heavy atom. The highest BCUT2D eigenvalue weighted by Crippen LogP contribution is 2.30. The summed E-state index contributed by atoms with van der Waals surface area (Å²) in [5.74, 6) is 5.27. The molecule has 15 heavy (non-hydrogen) atoms. The molecule has 0 aliphatic rings. The molecule has 1 aromatic heterocycles. The van der Waals surface area contributed by atoms with Crippen LogP contribution >= 0.6 is 27.3 Å². The lowest BCUT2D eigenvalue weighted by atomic mass is 10.4. The number of thiophene rings is 1. The first-order valence-electron chi connectivity index (χ1n) is 4.12. The van der Waals surface area contributed by atoms with Crippen molar-refractivity contribution < 1.29 is 8.42 Å². The number of rotatable bonds is 3. The number of halogens is 1. The molecule has 0 aliphatic carbocycles. The highest BCUT2D eigenvalue weighted by atomic mass is 79.9. The maximum Gasteiger partial charge on any atom is 0.250 e. The number of sulfonamides is 1. The van der Waals surface area contributed by atoms with E-state index in [0.717, 1.165) is 9.35 Å². The standard InChI is InChI=1S/C9H10BrNO2S2/c1-3-4-5-11-15(12,13)8-6-7(2)9(10)14-8/h6,11H,5H2,1-2H3. The smallest absolute Gasteiger partial charge is 0.206 e. The van der Waals surface area contributed by atoms with Crippen molar-refractivity contribution in [1.29, 1.82) is 0 Å². The van der Waals surface area contributed by atoms with Crippen molar-refractivity contribution in [2.75, 3.05) is 6.54 Å². The molecule has 0 saturated carbocycles. The molecule has 0 saturated heterocycles. The van der Waals surface area contributed by atoms with E-state index in [4.69, 9.17) is 0 Å². The van der Waals surface area contributed by atoms with Crippen molar-refractivity contribution in [3.8, 4) is 11.8 Å². The van der Waals surface area contributed by atoms with E-state index in [1.807, 2.05) is 6.92 Å². The van der Waals surface area contributed by atoms with E-state index in [1.165, 1.54) is 11.3 Å². The zero-order valence-electron chi connectivity index (χ0n) is 8.30. The molecule has 3 nitrogen and oxygen atoms in total. The highest BCUT2D eigenvalue weighted by Gasteiger charge is 2.16. The van der Waals surface area contributed by atoms with Gasteiger partial charge in [0.1, 0.15) is 4.21 Å². The van der Waals surface area contributed by atoms with Crippen molar-refractivity contribution in [3.05, 3.63) is 15.4 Å². The van der Waals surface area contributed by atoms with Gasteiger partial charge in [-0.15, -0.1) is 17.3 Å². The lowest BCUT2D eigenvalue weighted by Gasteiger charge is -1.99. The SMILES string of the molecule is CC#CCNS(=O)(=O)c1cc(C)c(Br)s1. The van der Waals surface area contributed by atoms with Crippen LogP contribution in [0.4, 0.5) is 0 Å². The predicted molar refractivity (Wildman–Crippen MR) is 65.4 cm³/mol. The number of hydrogen-bond acceptors (Lipinski definition) is 3. The van der Waals surface area contributed by atoms with Gasteiger partial charge in [0.15, 0.2) is 0 Å². The summed E-state index contributed by atoms with van der Waals surface area (Å²) in [4.78, 5) is 0. The molecular formula is C9H10BrNO2S2. The average Bonchev–Trinajstić information content (AvgIpc) is 2.48.